The molecular formula is C11H12BrN3O. The van der Waals surface area contributed by atoms with Crippen LogP contribution in [0.3, 0.4) is 0 Å². The van der Waals surface area contributed by atoms with Gasteiger partial charge in [-0.05, 0) is 40.9 Å². The quantitative estimate of drug-likeness (QED) is 0.849. The maximum atomic E-state index is 5.28. The lowest BCUT2D eigenvalue weighted by molar-refractivity contribution is 0.00332. The van der Waals surface area contributed by atoms with Crippen molar-refractivity contribution in [3.63, 3.8) is 0 Å². The first-order valence-electron chi connectivity index (χ1n) is 5.32. The van der Waals surface area contributed by atoms with Crippen LogP contribution in [0, 0.1) is 0 Å². The number of nitrogens with zero attached hydrogens (tertiary/aromatic N) is 3. The maximum Gasteiger partial charge on any atom is 0.127 e. The Morgan fingerprint density at radius 1 is 1.44 bits per heavy atom. The normalized spacial score (nSPS) is 24.6. The molecule has 0 saturated heterocycles. The van der Waals surface area contributed by atoms with Gasteiger partial charge in [0.1, 0.15) is 5.52 Å². The van der Waals surface area contributed by atoms with Crippen LogP contribution in [0.2, 0.25) is 0 Å². The van der Waals surface area contributed by atoms with Crippen LogP contribution in [0.4, 0.5) is 0 Å². The zero-order valence-electron chi connectivity index (χ0n) is 8.93. The molecule has 84 valence electrons. The fraction of sp³-hybridized carbons (Fsp3) is 0.455. The van der Waals surface area contributed by atoms with Gasteiger partial charge in [0.2, 0.25) is 0 Å². The summed E-state index contributed by atoms with van der Waals surface area (Å²) in [6.45, 7) is 0. The van der Waals surface area contributed by atoms with E-state index in [1.807, 2.05) is 16.8 Å². The van der Waals surface area contributed by atoms with Crippen LogP contribution < -0.4 is 0 Å². The Labute approximate surface area is 102 Å². The fourth-order valence-corrected chi connectivity index (χ4v) is 2.56. The smallest absolute Gasteiger partial charge is 0.127 e. The zero-order chi connectivity index (χ0) is 11.1. The van der Waals surface area contributed by atoms with Crippen LogP contribution in [0.25, 0.3) is 11.0 Å². The molecule has 1 aliphatic rings. The van der Waals surface area contributed by atoms with Gasteiger partial charge in [-0.25, -0.2) is 4.68 Å². The fourth-order valence-electron chi connectivity index (χ4n) is 2.13. The molecule has 1 aromatic carbocycles. The molecule has 0 unspecified atom stereocenters. The first-order chi connectivity index (χ1) is 7.79. The lowest BCUT2D eigenvalue weighted by Crippen LogP contribution is -2.33. The number of methoxy groups -OCH3 is 1. The van der Waals surface area contributed by atoms with Crippen LogP contribution in [-0.2, 0) is 4.74 Å². The van der Waals surface area contributed by atoms with E-state index in [1.54, 1.807) is 7.11 Å². The van der Waals surface area contributed by atoms with Crippen molar-refractivity contribution in [3.05, 3.63) is 22.7 Å². The molecule has 0 atom stereocenters. The second kappa shape index (κ2) is 3.82. The van der Waals surface area contributed by atoms with Crippen molar-refractivity contribution in [1.82, 2.24) is 15.0 Å². The third-order valence-corrected chi connectivity index (χ3v) is 3.84. The number of halogens is 1. The minimum absolute atomic E-state index is 0.386. The first-order valence-corrected chi connectivity index (χ1v) is 6.11. The van der Waals surface area contributed by atoms with Crippen molar-refractivity contribution in [3.8, 4) is 0 Å². The molecule has 5 heteroatoms. The average molecular weight is 282 g/mol. The molecule has 0 spiro atoms. The number of hydrogen-bond acceptors (Lipinski definition) is 3. The molecular weight excluding hydrogens is 270 g/mol. The Hall–Kier alpha value is -0.940. The number of ether oxygens (including phenoxy) is 1. The van der Waals surface area contributed by atoms with Crippen LogP contribution in [0.15, 0.2) is 22.7 Å². The van der Waals surface area contributed by atoms with Crippen LogP contribution in [0.5, 0.6) is 0 Å². The van der Waals surface area contributed by atoms with E-state index in [0.717, 1.165) is 28.3 Å². The van der Waals surface area contributed by atoms with E-state index in [-0.39, 0.29) is 0 Å². The van der Waals surface area contributed by atoms with Gasteiger partial charge in [0, 0.05) is 11.6 Å². The van der Waals surface area contributed by atoms with E-state index < -0.39 is 0 Å². The molecule has 1 aliphatic carbocycles. The molecule has 1 saturated carbocycles. The van der Waals surface area contributed by atoms with Crippen molar-refractivity contribution >= 4 is 27.0 Å². The van der Waals surface area contributed by atoms with Crippen LogP contribution in [0.1, 0.15) is 18.9 Å². The summed E-state index contributed by atoms with van der Waals surface area (Å²) in [5.74, 6) is 0. The van der Waals surface area contributed by atoms with E-state index >= 15 is 0 Å². The zero-order valence-corrected chi connectivity index (χ0v) is 10.5. The molecule has 16 heavy (non-hydrogen) atoms. The predicted octanol–water partition coefficient (Wildman–Crippen LogP) is 2.54. The van der Waals surface area contributed by atoms with E-state index in [0.29, 0.717) is 12.1 Å². The van der Waals surface area contributed by atoms with Crippen LogP contribution >= 0.6 is 15.9 Å². The minimum atomic E-state index is 0.386. The summed E-state index contributed by atoms with van der Waals surface area (Å²) in [6.07, 6.45) is 2.44. The number of benzene rings is 1. The topological polar surface area (TPSA) is 39.9 Å². The van der Waals surface area contributed by atoms with Gasteiger partial charge in [-0.1, -0.05) is 11.3 Å². The molecule has 0 aliphatic heterocycles. The average Bonchev–Trinajstić information content (AvgIpc) is 2.62. The highest BCUT2D eigenvalue weighted by Crippen LogP contribution is 2.35. The molecule has 1 aromatic heterocycles. The molecule has 1 heterocycles. The Morgan fingerprint density at radius 2 is 2.25 bits per heavy atom. The summed E-state index contributed by atoms with van der Waals surface area (Å²) in [5, 5.41) is 8.43. The molecule has 4 nitrogen and oxygen atoms in total. The molecule has 3 rings (SSSR count). The Kier molecular flexibility index (Phi) is 2.44. The van der Waals surface area contributed by atoms with Gasteiger partial charge in [-0.3, -0.25) is 0 Å². The van der Waals surface area contributed by atoms with E-state index in [9.17, 15) is 0 Å². The summed E-state index contributed by atoms with van der Waals surface area (Å²) in [6, 6.07) is 6.49. The highest BCUT2D eigenvalue weighted by atomic mass is 79.9. The number of aromatic nitrogens is 3. The summed E-state index contributed by atoms with van der Waals surface area (Å²) in [7, 11) is 1.76. The third kappa shape index (κ3) is 1.46. The maximum absolute atomic E-state index is 5.28. The molecule has 0 amide bonds. The van der Waals surface area contributed by atoms with Crippen molar-refractivity contribution < 1.29 is 4.74 Å². The van der Waals surface area contributed by atoms with E-state index in [1.165, 1.54) is 0 Å². The highest BCUT2D eigenvalue weighted by molar-refractivity contribution is 9.10. The predicted molar refractivity (Wildman–Crippen MR) is 64.3 cm³/mol. The SMILES string of the molecule is COC1CC(n2nnc3c(Br)cccc32)C1. The number of rotatable bonds is 2. The monoisotopic (exact) mass is 281 g/mol. The molecule has 0 radical (unpaired) electrons. The van der Waals surface area contributed by atoms with Gasteiger partial charge in [-0.2, -0.15) is 0 Å². The number of fused-ring (bicyclic) bond motifs is 1. The van der Waals surface area contributed by atoms with Crippen molar-refractivity contribution in [2.75, 3.05) is 7.11 Å². The summed E-state index contributed by atoms with van der Waals surface area (Å²) < 4.78 is 8.29. The second-order valence-corrected chi connectivity index (χ2v) is 4.98. The van der Waals surface area contributed by atoms with Crippen molar-refractivity contribution in [2.45, 2.75) is 25.0 Å². The summed E-state index contributed by atoms with van der Waals surface area (Å²) in [4.78, 5) is 0. The largest absolute Gasteiger partial charge is 0.381 e. The van der Waals surface area contributed by atoms with Gasteiger partial charge >= 0.3 is 0 Å². The van der Waals surface area contributed by atoms with Crippen LogP contribution in [-0.4, -0.2) is 28.2 Å². The second-order valence-electron chi connectivity index (χ2n) is 4.12. The Bertz CT molecular complexity index is 519. The standard InChI is InChI=1S/C11H12BrN3O/c1-16-8-5-7(6-8)15-10-4-2-3-9(12)11(10)13-14-15/h2-4,7-8H,5-6H2,1H3. The molecule has 0 N–H and O–H groups in total. The van der Waals surface area contributed by atoms with E-state index in [2.05, 4.69) is 32.3 Å². The van der Waals surface area contributed by atoms with Gasteiger partial charge in [0.05, 0.1) is 17.7 Å². The van der Waals surface area contributed by atoms with Gasteiger partial charge in [-0.15, -0.1) is 5.10 Å². The lowest BCUT2D eigenvalue weighted by Gasteiger charge is -2.34. The van der Waals surface area contributed by atoms with E-state index in [4.69, 9.17) is 4.74 Å². The van der Waals surface area contributed by atoms with Gasteiger partial charge < -0.3 is 4.74 Å². The van der Waals surface area contributed by atoms with Gasteiger partial charge in [0.15, 0.2) is 0 Å². The number of hydrogen-bond donors (Lipinski definition) is 0. The van der Waals surface area contributed by atoms with Gasteiger partial charge in [0.25, 0.3) is 0 Å². The highest BCUT2D eigenvalue weighted by Gasteiger charge is 2.32. The molecule has 2 aromatic rings. The summed E-state index contributed by atoms with van der Waals surface area (Å²) in [5.41, 5.74) is 2.03. The van der Waals surface area contributed by atoms with Crippen molar-refractivity contribution in [1.29, 1.82) is 0 Å². The molecule has 1 fully saturated rings. The first kappa shape index (κ1) is 10.2. The molecule has 0 bridgehead atoms. The lowest BCUT2D eigenvalue weighted by atomic mass is 9.89. The van der Waals surface area contributed by atoms with Crippen molar-refractivity contribution in [2.24, 2.45) is 0 Å². The minimum Gasteiger partial charge on any atom is -0.381 e. The Balaban J connectivity index is 1.97. The third-order valence-electron chi connectivity index (χ3n) is 3.20. The summed E-state index contributed by atoms with van der Waals surface area (Å²) >= 11 is 3.48. The Morgan fingerprint density at radius 3 is 3.00 bits per heavy atom.